The summed E-state index contributed by atoms with van der Waals surface area (Å²) in [6.07, 6.45) is 1.08. The summed E-state index contributed by atoms with van der Waals surface area (Å²) >= 11 is 1.78. The molecule has 1 amide bonds. The molecule has 1 N–H and O–H groups in total. The number of rotatable bonds is 5. The fourth-order valence-electron chi connectivity index (χ4n) is 3.17. The number of nitrogens with zero attached hydrogens (tertiary/aromatic N) is 1. The van der Waals surface area contributed by atoms with Crippen molar-refractivity contribution in [1.29, 1.82) is 0 Å². The van der Waals surface area contributed by atoms with Crippen LogP contribution in [-0.4, -0.2) is 22.9 Å². The highest BCUT2D eigenvalue weighted by atomic mass is 32.1. The van der Waals surface area contributed by atoms with E-state index in [0.29, 0.717) is 11.8 Å². The van der Waals surface area contributed by atoms with Gasteiger partial charge in [-0.15, -0.1) is 11.3 Å². The molecule has 0 bridgehead atoms. The van der Waals surface area contributed by atoms with Crippen LogP contribution in [0.4, 0.5) is 0 Å². The number of carbonyl (C=O) groups is 1. The standard InChI is InChI=1S/C17H28N2OS/c1-10(2)9-12(5)19-16(14-8-7-13(6)21-14)18-15(11(3)4)17(19)20/h7-8,10-12,15-16,18H,9H2,1-6H3. The molecular formula is C17H28N2OS. The smallest absolute Gasteiger partial charge is 0.241 e. The van der Waals surface area contributed by atoms with Crippen LogP contribution in [0.5, 0.6) is 0 Å². The Bertz CT molecular complexity index is 495. The van der Waals surface area contributed by atoms with Gasteiger partial charge < -0.3 is 4.90 Å². The van der Waals surface area contributed by atoms with E-state index in [9.17, 15) is 4.79 Å². The third kappa shape index (κ3) is 3.49. The van der Waals surface area contributed by atoms with Crippen molar-refractivity contribution in [2.45, 2.75) is 66.2 Å². The lowest BCUT2D eigenvalue weighted by atomic mass is 10.0. The lowest BCUT2D eigenvalue weighted by Crippen LogP contribution is -2.39. The highest BCUT2D eigenvalue weighted by molar-refractivity contribution is 7.12. The van der Waals surface area contributed by atoms with E-state index in [0.717, 1.165) is 6.42 Å². The Hall–Kier alpha value is -0.870. The lowest BCUT2D eigenvalue weighted by Gasteiger charge is -2.31. The Morgan fingerprint density at radius 1 is 1.24 bits per heavy atom. The van der Waals surface area contributed by atoms with Crippen LogP contribution in [0.3, 0.4) is 0 Å². The minimum Gasteiger partial charge on any atom is -0.318 e. The second-order valence-corrected chi connectivity index (χ2v) is 8.28. The molecule has 1 aromatic heterocycles. The van der Waals surface area contributed by atoms with Crippen molar-refractivity contribution in [3.05, 3.63) is 21.9 Å². The lowest BCUT2D eigenvalue weighted by molar-refractivity contribution is -0.133. The first-order valence-electron chi connectivity index (χ1n) is 7.95. The number of hydrogen-bond acceptors (Lipinski definition) is 3. The monoisotopic (exact) mass is 308 g/mol. The van der Waals surface area contributed by atoms with E-state index in [4.69, 9.17) is 0 Å². The maximum absolute atomic E-state index is 12.8. The summed E-state index contributed by atoms with van der Waals surface area (Å²) in [5.74, 6) is 1.17. The first-order valence-corrected chi connectivity index (χ1v) is 8.77. The van der Waals surface area contributed by atoms with Crippen molar-refractivity contribution in [2.24, 2.45) is 11.8 Å². The minimum atomic E-state index is -0.0629. The molecule has 1 aliphatic heterocycles. The molecule has 0 radical (unpaired) electrons. The molecule has 1 aliphatic rings. The van der Waals surface area contributed by atoms with E-state index in [2.05, 4.69) is 63.9 Å². The molecule has 0 aromatic carbocycles. The van der Waals surface area contributed by atoms with Crippen molar-refractivity contribution in [3.8, 4) is 0 Å². The number of thiophene rings is 1. The van der Waals surface area contributed by atoms with E-state index in [1.54, 1.807) is 11.3 Å². The number of hydrogen-bond donors (Lipinski definition) is 1. The van der Waals surface area contributed by atoms with Gasteiger partial charge in [-0.2, -0.15) is 0 Å². The summed E-state index contributed by atoms with van der Waals surface area (Å²) in [4.78, 5) is 17.5. The van der Waals surface area contributed by atoms with Crippen LogP contribution in [0.15, 0.2) is 12.1 Å². The number of carbonyl (C=O) groups excluding carboxylic acids is 1. The van der Waals surface area contributed by atoms with Gasteiger partial charge in [-0.25, -0.2) is 0 Å². The van der Waals surface area contributed by atoms with Gasteiger partial charge in [-0.05, 0) is 44.2 Å². The van der Waals surface area contributed by atoms with E-state index in [1.165, 1.54) is 9.75 Å². The van der Waals surface area contributed by atoms with Crippen molar-refractivity contribution in [1.82, 2.24) is 10.2 Å². The SMILES string of the molecule is Cc1ccc(C2NC(C(C)C)C(=O)N2C(C)CC(C)C)s1. The van der Waals surface area contributed by atoms with Crippen LogP contribution in [0.1, 0.15) is 57.0 Å². The fourth-order valence-corrected chi connectivity index (χ4v) is 4.11. The molecule has 0 aliphatic carbocycles. The van der Waals surface area contributed by atoms with E-state index in [1.807, 2.05) is 0 Å². The molecule has 118 valence electrons. The minimum absolute atomic E-state index is 0.0392. The molecule has 1 aromatic rings. The van der Waals surface area contributed by atoms with Crippen LogP contribution >= 0.6 is 11.3 Å². The maximum Gasteiger partial charge on any atom is 0.241 e. The molecule has 0 spiro atoms. The normalized spacial score (nSPS) is 24.4. The van der Waals surface area contributed by atoms with Crippen molar-refractivity contribution in [3.63, 3.8) is 0 Å². The summed E-state index contributed by atoms with van der Waals surface area (Å²) < 4.78 is 0. The molecule has 3 atom stereocenters. The predicted molar refractivity (Wildman–Crippen MR) is 89.3 cm³/mol. The van der Waals surface area contributed by atoms with Crippen molar-refractivity contribution in [2.75, 3.05) is 0 Å². The van der Waals surface area contributed by atoms with Gasteiger partial charge in [-0.1, -0.05) is 27.7 Å². The van der Waals surface area contributed by atoms with Crippen molar-refractivity contribution >= 4 is 17.2 Å². The maximum atomic E-state index is 12.8. The Labute approximate surface area is 132 Å². The van der Waals surface area contributed by atoms with Gasteiger partial charge in [0.25, 0.3) is 0 Å². The second kappa shape index (κ2) is 6.49. The van der Waals surface area contributed by atoms with Crippen LogP contribution in [-0.2, 0) is 4.79 Å². The Morgan fingerprint density at radius 2 is 1.90 bits per heavy atom. The third-order valence-electron chi connectivity index (χ3n) is 4.12. The highest BCUT2D eigenvalue weighted by Gasteiger charge is 2.43. The van der Waals surface area contributed by atoms with Gasteiger partial charge in [0.1, 0.15) is 6.17 Å². The van der Waals surface area contributed by atoms with E-state index < -0.39 is 0 Å². The zero-order valence-electron chi connectivity index (χ0n) is 14.0. The molecular weight excluding hydrogens is 280 g/mol. The molecule has 1 saturated heterocycles. The second-order valence-electron chi connectivity index (χ2n) is 6.96. The van der Waals surface area contributed by atoms with Gasteiger partial charge in [-0.3, -0.25) is 10.1 Å². The molecule has 2 rings (SSSR count). The molecule has 3 unspecified atom stereocenters. The Balaban J connectivity index is 2.29. The zero-order valence-corrected chi connectivity index (χ0v) is 14.8. The highest BCUT2D eigenvalue weighted by Crippen LogP contribution is 2.34. The molecule has 21 heavy (non-hydrogen) atoms. The van der Waals surface area contributed by atoms with E-state index >= 15 is 0 Å². The summed E-state index contributed by atoms with van der Waals surface area (Å²) in [5, 5.41) is 3.56. The first-order chi connectivity index (χ1) is 9.81. The molecule has 0 saturated carbocycles. The molecule has 4 heteroatoms. The van der Waals surface area contributed by atoms with E-state index in [-0.39, 0.29) is 24.2 Å². The third-order valence-corrected chi connectivity index (χ3v) is 5.17. The fraction of sp³-hybridized carbons (Fsp3) is 0.706. The summed E-state index contributed by atoms with van der Waals surface area (Å²) in [7, 11) is 0. The van der Waals surface area contributed by atoms with Crippen LogP contribution in [0, 0.1) is 18.8 Å². The Kier molecular flexibility index (Phi) is 5.10. The number of aryl methyl sites for hydroxylation is 1. The average Bonchev–Trinajstić information content (AvgIpc) is 2.91. The van der Waals surface area contributed by atoms with Crippen molar-refractivity contribution < 1.29 is 4.79 Å². The quantitative estimate of drug-likeness (QED) is 0.893. The number of amides is 1. The first kappa shape index (κ1) is 16.5. The summed E-state index contributed by atoms with van der Waals surface area (Å²) in [5.41, 5.74) is 0. The molecule has 2 heterocycles. The van der Waals surface area contributed by atoms with Gasteiger partial charge in [0.05, 0.1) is 6.04 Å². The zero-order chi connectivity index (χ0) is 15.7. The number of nitrogens with one attached hydrogen (secondary N) is 1. The largest absolute Gasteiger partial charge is 0.318 e. The van der Waals surface area contributed by atoms with Gasteiger partial charge in [0.15, 0.2) is 0 Å². The summed E-state index contributed by atoms with van der Waals surface area (Å²) in [6, 6.07) is 4.50. The van der Waals surface area contributed by atoms with Gasteiger partial charge >= 0.3 is 0 Å². The Morgan fingerprint density at radius 3 is 2.38 bits per heavy atom. The van der Waals surface area contributed by atoms with Crippen LogP contribution < -0.4 is 5.32 Å². The summed E-state index contributed by atoms with van der Waals surface area (Å²) in [6.45, 7) is 13.0. The molecule has 3 nitrogen and oxygen atoms in total. The molecule has 1 fully saturated rings. The average molecular weight is 308 g/mol. The topological polar surface area (TPSA) is 32.3 Å². The van der Waals surface area contributed by atoms with Crippen LogP contribution in [0.2, 0.25) is 0 Å². The van der Waals surface area contributed by atoms with Gasteiger partial charge in [0, 0.05) is 15.8 Å². The van der Waals surface area contributed by atoms with Gasteiger partial charge in [0.2, 0.25) is 5.91 Å². The van der Waals surface area contributed by atoms with Crippen LogP contribution in [0.25, 0.3) is 0 Å². The predicted octanol–water partition coefficient (Wildman–Crippen LogP) is 3.95.